The smallest absolute Gasteiger partial charge is 0.287 e. The van der Waals surface area contributed by atoms with Crippen LogP contribution in [0.1, 0.15) is 20.8 Å². The summed E-state index contributed by atoms with van der Waals surface area (Å²) >= 11 is 0. The highest BCUT2D eigenvalue weighted by Gasteiger charge is 2.21. The van der Waals surface area contributed by atoms with E-state index in [-0.39, 0.29) is 11.6 Å². The van der Waals surface area contributed by atoms with Gasteiger partial charge in [-0.1, -0.05) is 0 Å². The van der Waals surface area contributed by atoms with Crippen molar-refractivity contribution in [1.82, 2.24) is 0 Å². The van der Waals surface area contributed by atoms with E-state index in [9.17, 15) is 13.2 Å². The molecule has 0 atom stereocenters. The lowest BCUT2D eigenvalue weighted by atomic mass is 10.1. The molecule has 1 nitrogen and oxygen atoms in total. The van der Waals surface area contributed by atoms with Crippen molar-refractivity contribution in [3.05, 3.63) is 12.2 Å². The van der Waals surface area contributed by atoms with Gasteiger partial charge in [-0.25, -0.2) is 0 Å². The van der Waals surface area contributed by atoms with Crippen LogP contribution in [0.5, 0.6) is 0 Å². The van der Waals surface area contributed by atoms with E-state index in [0.717, 1.165) is 12.3 Å². The second-order valence-corrected chi connectivity index (χ2v) is 3.35. The summed E-state index contributed by atoms with van der Waals surface area (Å²) in [5.74, 6) is 0. The standard InChI is InChI=1S/C8H12F3N/c1-7(2,3)12-6-4-5-8(9,10)11/h4-6H,1-3H3/b5-4+,12-6?. The fourth-order valence-electron chi connectivity index (χ4n) is 0.419. The average Bonchev–Trinajstić information content (AvgIpc) is 1.76. The third-order valence-corrected chi connectivity index (χ3v) is 0.833. The summed E-state index contributed by atoms with van der Waals surface area (Å²) in [5.41, 5.74) is -0.323. The van der Waals surface area contributed by atoms with Crippen LogP contribution in [0.15, 0.2) is 17.1 Å². The van der Waals surface area contributed by atoms with Crippen molar-refractivity contribution in [2.75, 3.05) is 0 Å². The molecule has 0 N–H and O–H groups in total. The molecule has 0 amide bonds. The SMILES string of the molecule is CC(C)(C)N=C/C=C/C(F)(F)F. The van der Waals surface area contributed by atoms with Gasteiger partial charge in [0.1, 0.15) is 0 Å². The minimum Gasteiger partial charge on any atom is -0.287 e. The normalized spacial score (nSPS) is 14.8. The van der Waals surface area contributed by atoms with Crippen LogP contribution in [0.2, 0.25) is 0 Å². The molecule has 4 heteroatoms. The molecule has 0 aliphatic heterocycles. The van der Waals surface area contributed by atoms with Crippen LogP contribution >= 0.6 is 0 Å². The molecule has 0 saturated heterocycles. The van der Waals surface area contributed by atoms with E-state index in [1.165, 1.54) is 0 Å². The maximum absolute atomic E-state index is 11.5. The summed E-state index contributed by atoms with van der Waals surface area (Å²) in [5, 5.41) is 0. The van der Waals surface area contributed by atoms with Gasteiger partial charge in [-0.2, -0.15) is 13.2 Å². The lowest BCUT2D eigenvalue weighted by molar-refractivity contribution is -0.0797. The molecule has 0 aromatic rings. The number of rotatable bonds is 1. The van der Waals surface area contributed by atoms with Crippen LogP contribution in [0.3, 0.4) is 0 Å². The van der Waals surface area contributed by atoms with Crippen molar-refractivity contribution < 1.29 is 13.2 Å². The molecular weight excluding hydrogens is 167 g/mol. The summed E-state index contributed by atoms with van der Waals surface area (Å²) in [6.07, 6.45) is -2.04. The van der Waals surface area contributed by atoms with Crippen molar-refractivity contribution in [2.45, 2.75) is 32.5 Å². The number of alkyl halides is 3. The fraction of sp³-hybridized carbons (Fsp3) is 0.625. The quantitative estimate of drug-likeness (QED) is 0.549. The first-order chi connectivity index (χ1) is 5.21. The zero-order valence-electron chi connectivity index (χ0n) is 7.31. The number of halogens is 3. The van der Waals surface area contributed by atoms with Crippen LogP contribution in [0.25, 0.3) is 0 Å². The molecule has 0 aromatic carbocycles. The minimum atomic E-state index is -4.25. The molecule has 0 unspecified atom stereocenters. The Morgan fingerprint density at radius 2 is 1.58 bits per heavy atom. The molecule has 0 heterocycles. The van der Waals surface area contributed by atoms with Crippen LogP contribution in [0, 0.1) is 0 Å². The van der Waals surface area contributed by atoms with Crippen molar-refractivity contribution in [3.8, 4) is 0 Å². The Balaban J connectivity index is 4.00. The van der Waals surface area contributed by atoms with Crippen molar-refractivity contribution >= 4 is 6.21 Å². The first kappa shape index (κ1) is 11.2. The third kappa shape index (κ3) is 9.20. The van der Waals surface area contributed by atoms with Gasteiger partial charge in [0.15, 0.2) is 0 Å². The number of nitrogens with zero attached hydrogens (tertiary/aromatic N) is 1. The van der Waals surface area contributed by atoms with Crippen LogP contribution in [-0.2, 0) is 0 Å². The van der Waals surface area contributed by atoms with Gasteiger partial charge >= 0.3 is 6.18 Å². The lowest BCUT2D eigenvalue weighted by Gasteiger charge is -2.09. The Hall–Kier alpha value is -0.800. The largest absolute Gasteiger partial charge is 0.409 e. The lowest BCUT2D eigenvalue weighted by Crippen LogP contribution is -2.09. The minimum absolute atomic E-state index is 0.155. The Labute approximate surface area is 70.0 Å². The van der Waals surface area contributed by atoms with E-state index in [1.54, 1.807) is 0 Å². The summed E-state index contributed by atoms with van der Waals surface area (Å²) in [4.78, 5) is 3.85. The number of aliphatic imine (C=N–C) groups is 1. The van der Waals surface area contributed by atoms with Gasteiger partial charge in [-0.05, 0) is 26.8 Å². The summed E-state index contributed by atoms with van der Waals surface area (Å²) in [7, 11) is 0. The van der Waals surface area contributed by atoms with E-state index < -0.39 is 6.18 Å². The molecule has 0 spiro atoms. The molecule has 0 aliphatic carbocycles. The van der Waals surface area contributed by atoms with Crippen molar-refractivity contribution in [1.29, 1.82) is 0 Å². The van der Waals surface area contributed by atoms with Crippen LogP contribution < -0.4 is 0 Å². The first-order valence-corrected chi connectivity index (χ1v) is 3.50. The van der Waals surface area contributed by atoms with Gasteiger partial charge in [0.05, 0.1) is 5.54 Å². The first-order valence-electron chi connectivity index (χ1n) is 3.50. The van der Waals surface area contributed by atoms with Crippen LogP contribution in [0.4, 0.5) is 13.2 Å². The second-order valence-electron chi connectivity index (χ2n) is 3.35. The van der Waals surface area contributed by atoms with E-state index in [1.807, 2.05) is 20.8 Å². The molecule has 0 saturated carbocycles. The van der Waals surface area contributed by atoms with Gasteiger partial charge in [0.2, 0.25) is 0 Å². The predicted molar refractivity (Wildman–Crippen MR) is 43.4 cm³/mol. The molecule has 70 valence electrons. The maximum Gasteiger partial charge on any atom is 0.409 e. The highest BCUT2D eigenvalue weighted by molar-refractivity contribution is 5.71. The predicted octanol–water partition coefficient (Wildman–Crippen LogP) is 2.97. The van der Waals surface area contributed by atoms with Crippen LogP contribution in [-0.4, -0.2) is 17.9 Å². The van der Waals surface area contributed by atoms with Gasteiger partial charge in [0, 0.05) is 12.3 Å². The van der Waals surface area contributed by atoms with Gasteiger partial charge in [-0.15, -0.1) is 0 Å². The van der Waals surface area contributed by atoms with Crippen molar-refractivity contribution in [2.24, 2.45) is 4.99 Å². The molecule has 0 bridgehead atoms. The van der Waals surface area contributed by atoms with Gasteiger partial charge < -0.3 is 0 Å². The van der Waals surface area contributed by atoms with Crippen molar-refractivity contribution in [3.63, 3.8) is 0 Å². The Morgan fingerprint density at radius 1 is 1.08 bits per heavy atom. The van der Waals surface area contributed by atoms with E-state index in [0.29, 0.717) is 0 Å². The second kappa shape index (κ2) is 3.74. The molecule has 0 aromatic heterocycles. The number of allylic oxidation sites excluding steroid dienone is 2. The van der Waals surface area contributed by atoms with Gasteiger partial charge in [0.25, 0.3) is 0 Å². The number of hydrogen-bond donors (Lipinski definition) is 0. The highest BCUT2D eigenvalue weighted by Crippen LogP contribution is 2.15. The van der Waals surface area contributed by atoms with Gasteiger partial charge in [-0.3, -0.25) is 4.99 Å². The van der Waals surface area contributed by atoms with E-state index in [4.69, 9.17) is 0 Å². The Bertz CT molecular complexity index is 161. The zero-order valence-corrected chi connectivity index (χ0v) is 7.31. The zero-order chi connectivity index (χ0) is 9.83. The summed E-state index contributed by atoms with van der Waals surface area (Å²) in [6.45, 7) is 5.43. The summed E-state index contributed by atoms with van der Waals surface area (Å²) < 4.78 is 34.6. The number of hydrogen-bond acceptors (Lipinski definition) is 1. The molecule has 0 aliphatic rings. The highest BCUT2D eigenvalue weighted by atomic mass is 19.4. The molecule has 12 heavy (non-hydrogen) atoms. The molecule has 0 rings (SSSR count). The van der Waals surface area contributed by atoms with E-state index in [2.05, 4.69) is 4.99 Å². The molecular formula is C8H12F3N. The molecule has 0 radical (unpaired) electrons. The Morgan fingerprint density at radius 3 is 1.92 bits per heavy atom. The monoisotopic (exact) mass is 179 g/mol. The topological polar surface area (TPSA) is 12.4 Å². The Kier molecular flexibility index (Phi) is 3.49. The van der Waals surface area contributed by atoms with E-state index >= 15 is 0 Å². The maximum atomic E-state index is 11.5. The average molecular weight is 179 g/mol. The molecule has 0 fully saturated rings. The third-order valence-electron chi connectivity index (χ3n) is 0.833. The fourth-order valence-corrected chi connectivity index (χ4v) is 0.419. The summed E-state index contributed by atoms with van der Waals surface area (Å²) in [6, 6.07) is 0.